The van der Waals surface area contributed by atoms with E-state index >= 15 is 0 Å². The molecule has 0 bridgehead atoms. The lowest BCUT2D eigenvalue weighted by atomic mass is 9.90. The molecule has 0 atom stereocenters. The summed E-state index contributed by atoms with van der Waals surface area (Å²) in [6, 6.07) is 10.7. The Bertz CT molecular complexity index is 697. The van der Waals surface area contributed by atoms with Crippen LogP contribution in [0.4, 0.5) is 4.39 Å². The van der Waals surface area contributed by atoms with Crippen LogP contribution in [0.2, 0.25) is 0 Å². The first kappa shape index (κ1) is 16.5. The number of nitrogens with zero attached hydrogens (tertiary/aromatic N) is 2. The van der Waals surface area contributed by atoms with E-state index in [4.69, 9.17) is 4.74 Å². The monoisotopic (exact) mass is 329 g/mol. The average molecular weight is 329 g/mol. The average Bonchev–Trinajstić information content (AvgIpc) is 2.56. The van der Waals surface area contributed by atoms with E-state index in [0.29, 0.717) is 37.7 Å². The minimum atomic E-state index is -1.13. The molecule has 5 nitrogen and oxygen atoms in total. The van der Waals surface area contributed by atoms with Gasteiger partial charge in [-0.2, -0.15) is 0 Å². The third-order valence-electron chi connectivity index (χ3n) is 4.01. The van der Waals surface area contributed by atoms with Crippen LogP contribution < -0.4 is 10.1 Å². The van der Waals surface area contributed by atoms with Crippen LogP contribution in [0, 0.1) is 0 Å². The molecule has 1 aromatic carbocycles. The van der Waals surface area contributed by atoms with Gasteiger partial charge in [-0.3, -0.25) is 4.79 Å². The zero-order valence-electron chi connectivity index (χ0n) is 13.6. The predicted octanol–water partition coefficient (Wildman–Crippen LogP) is 2.15. The first-order valence-corrected chi connectivity index (χ1v) is 8.05. The summed E-state index contributed by atoms with van der Waals surface area (Å²) in [5.74, 6) is 0.299. The number of benzene rings is 1. The van der Waals surface area contributed by atoms with Crippen LogP contribution in [0.5, 0.6) is 5.88 Å². The third-order valence-corrected chi connectivity index (χ3v) is 4.01. The van der Waals surface area contributed by atoms with Crippen molar-refractivity contribution < 1.29 is 13.9 Å². The maximum atomic E-state index is 14.1. The fourth-order valence-corrected chi connectivity index (χ4v) is 2.63. The third kappa shape index (κ3) is 3.94. The van der Waals surface area contributed by atoms with Crippen molar-refractivity contribution in [2.45, 2.75) is 25.4 Å². The minimum Gasteiger partial charge on any atom is -0.477 e. The van der Waals surface area contributed by atoms with Gasteiger partial charge in [0.05, 0.1) is 6.61 Å². The number of Topliss-reactive ketones (excluding diaryl/α,β-unsaturated/α-hetero) is 1. The number of ether oxygens (including phenoxy) is 1. The van der Waals surface area contributed by atoms with Crippen molar-refractivity contribution in [3.63, 3.8) is 0 Å². The number of carbonyl (C=O) groups is 1. The van der Waals surface area contributed by atoms with E-state index in [0.717, 1.165) is 11.1 Å². The van der Waals surface area contributed by atoms with E-state index in [2.05, 4.69) is 15.5 Å². The molecule has 0 aliphatic carbocycles. The van der Waals surface area contributed by atoms with Crippen LogP contribution in [-0.4, -0.2) is 41.3 Å². The largest absolute Gasteiger partial charge is 0.477 e. The summed E-state index contributed by atoms with van der Waals surface area (Å²) in [5.41, 5.74) is 0.996. The molecule has 1 aliphatic rings. The predicted molar refractivity (Wildman–Crippen MR) is 88.1 cm³/mol. The van der Waals surface area contributed by atoms with Crippen LogP contribution in [0.15, 0.2) is 36.4 Å². The molecule has 1 saturated heterocycles. The van der Waals surface area contributed by atoms with Gasteiger partial charge in [-0.25, -0.2) is 4.39 Å². The van der Waals surface area contributed by atoms with Crippen molar-refractivity contribution in [2.24, 2.45) is 0 Å². The van der Waals surface area contributed by atoms with Crippen molar-refractivity contribution in [1.82, 2.24) is 15.5 Å². The number of hydrogen-bond acceptors (Lipinski definition) is 5. The summed E-state index contributed by atoms with van der Waals surface area (Å²) in [6.07, 6.45) is 0.643. The Labute approximate surface area is 140 Å². The van der Waals surface area contributed by atoms with Gasteiger partial charge >= 0.3 is 0 Å². The van der Waals surface area contributed by atoms with Crippen LogP contribution in [0.1, 0.15) is 28.5 Å². The van der Waals surface area contributed by atoms with Gasteiger partial charge < -0.3 is 10.1 Å². The molecule has 1 aromatic heterocycles. The Morgan fingerprint density at radius 1 is 1.17 bits per heavy atom. The number of halogens is 1. The fraction of sp³-hybridized carbons (Fsp3) is 0.389. The highest BCUT2D eigenvalue weighted by Gasteiger charge is 2.36. The highest BCUT2D eigenvalue weighted by molar-refractivity contribution is 5.95. The molecule has 2 aromatic rings. The highest BCUT2D eigenvalue weighted by Crippen LogP contribution is 2.22. The smallest absolute Gasteiger partial charge is 0.233 e. The van der Waals surface area contributed by atoms with Crippen molar-refractivity contribution in [3.05, 3.63) is 53.2 Å². The SMILES string of the molecule is CCOc1ccc(C(=O)Cc2ccc(CC3(F)CNC3)cc2)nn1. The molecule has 6 heteroatoms. The lowest BCUT2D eigenvalue weighted by Crippen LogP contribution is -2.57. The summed E-state index contributed by atoms with van der Waals surface area (Å²) in [5, 5.41) is 10.7. The number of aromatic nitrogens is 2. The standard InChI is InChI=1S/C18H20FN3O2/c1-2-24-17-8-7-15(21-22-17)16(23)9-13-3-5-14(6-4-13)10-18(19)11-20-12-18/h3-8,20H,2,9-12H2,1H3. The zero-order valence-corrected chi connectivity index (χ0v) is 13.6. The first-order chi connectivity index (χ1) is 11.6. The second kappa shape index (κ2) is 7.05. The molecule has 24 heavy (non-hydrogen) atoms. The lowest BCUT2D eigenvalue weighted by molar-refractivity contribution is 0.0911. The summed E-state index contributed by atoms with van der Waals surface area (Å²) >= 11 is 0. The highest BCUT2D eigenvalue weighted by atomic mass is 19.1. The summed E-state index contributed by atoms with van der Waals surface area (Å²) in [7, 11) is 0. The van der Waals surface area contributed by atoms with Crippen molar-refractivity contribution in [3.8, 4) is 5.88 Å². The van der Waals surface area contributed by atoms with Gasteiger partial charge in [-0.1, -0.05) is 24.3 Å². The fourth-order valence-electron chi connectivity index (χ4n) is 2.63. The van der Waals surface area contributed by atoms with Gasteiger partial charge in [0.15, 0.2) is 5.78 Å². The van der Waals surface area contributed by atoms with Gasteiger partial charge in [0.2, 0.25) is 5.88 Å². The van der Waals surface area contributed by atoms with Gasteiger partial charge in [0.25, 0.3) is 0 Å². The van der Waals surface area contributed by atoms with E-state index in [9.17, 15) is 9.18 Å². The molecule has 0 saturated carbocycles. The minimum absolute atomic E-state index is 0.108. The molecular formula is C18H20FN3O2. The van der Waals surface area contributed by atoms with Gasteiger partial charge in [0.1, 0.15) is 11.4 Å². The van der Waals surface area contributed by atoms with Gasteiger partial charge in [-0.05, 0) is 24.1 Å². The number of rotatable bonds is 7. The molecule has 126 valence electrons. The van der Waals surface area contributed by atoms with Crippen molar-refractivity contribution in [1.29, 1.82) is 0 Å². The molecule has 3 rings (SSSR count). The number of alkyl halides is 1. The molecule has 0 unspecified atom stereocenters. The number of ketones is 1. The van der Waals surface area contributed by atoms with E-state index in [1.807, 2.05) is 31.2 Å². The summed E-state index contributed by atoms with van der Waals surface area (Å²) in [4.78, 5) is 12.2. The van der Waals surface area contributed by atoms with Crippen molar-refractivity contribution in [2.75, 3.05) is 19.7 Å². The van der Waals surface area contributed by atoms with Crippen LogP contribution in [0.3, 0.4) is 0 Å². The van der Waals surface area contributed by atoms with E-state index in [1.54, 1.807) is 12.1 Å². The maximum Gasteiger partial charge on any atom is 0.233 e. The van der Waals surface area contributed by atoms with Gasteiger partial charge in [-0.15, -0.1) is 10.2 Å². The van der Waals surface area contributed by atoms with Crippen LogP contribution in [0.25, 0.3) is 0 Å². The van der Waals surface area contributed by atoms with Crippen LogP contribution >= 0.6 is 0 Å². The topological polar surface area (TPSA) is 64.1 Å². The molecule has 1 fully saturated rings. The molecule has 0 spiro atoms. The molecule has 2 heterocycles. The Morgan fingerprint density at radius 3 is 2.42 bits per heavy atom. The second-order valence-corrected chi connectivity index (χ2v) is 6.04. The summed E-state index contributed by atoms with van der Waals surface area (Å²) < 4.78 is 19.3. The molecular weight excluding hydrogens is 309 g/mol. The van der Waals surface area contributed by atoms with Gasteiger partial charge in [0, 0.05) is 32.0 Å². The van der Waals surface area contributed by atoms with E-state index in [1.165, 1.54) is 0 Å². The number of carbonyl (C=O) groups excluding carboxylic acids is 1. The summed E-state index contributed by atoms with van der Waals surface area (Å²) in [6.45, 7) is 3.18. The lowest BCUT2D eigenvalue weighted by Gasteiger charge is -2.35. The Hall–Kier alpha value is -2.34. The normalized spacial score (nSPS) is 15.6. The molecule has 1 N–H and O–H groups in total. The molecule has 0 radical (unpaired) electrons. The van der Waals surface area contributed by atoms with Crippen molar-refractivity contribution >= 4 is 5.78 Å². The number of hydrogen-bond donors (Lipinski definition) is 1. The zero-order chi connectivity index (χ0) is 17.0. The Balaban J connectivity index is 1.59. The van der Waals surface area contributed by atoms with E-state index < -0.39 is 5.67 Å². The molecule has 0 amide bonds. The van der Waals surface area contributed by atoms with E-state index in [-0.39, 0.29) is 12.2 Å². The first-order valence-electron chi connectivity index (χ1n) is 8.05. The van der Waals surface area contributed by atoms with Crippen LogP contribution in [-0.2, 0) is 12.8 Å². The Kier molecular flexibility index (Phi) is 4.85. The quantitative estimate of drug-likeness (QED) is 0.789. The Morgan fingerprint density at radius 2 is 1.88 bits per heavy atom. The molecule has 1 aliphatic heterocycles. The number of nitrogens with one attached hydrogen (secondary N) is 1. The maximum absolute atomic E-state index is 14.1. The second-order valence-electron chi connectivity index (χ2n) is 6.04.